The minimum absolute atomic E-state index is 0.219. The standard InChI is InChI=1S/C12H13FO4/c1-12(2)16-9-4-3-7(13)5-8(9)10(17-12)6-11(14)15/h3-5,10H,6H2,1-2H3,(H,14,15). The number of hydrogen-bond acceptors (Lipinski definition) is 3. The Morgan fingerprint density at radius 1 is 1.53 bits per heavy atom. The van der Waals surface area contributed by atoms with Gasteiger partial charge in [-0.25, -0.2) is 4.39 Å². The molecule has 2 rings (SSSR count). The molecule has 1 N–H and O–H groups in total. The number of hydrogen-bond donors (Lipinski definition) is 1. The SMILES string of the molecule is CC1(C)Oc2ccc(F)cc2C(CC(=O)O)O1. The number of ether oxygens (including phenoxy) is 2. The fourth-order valence-electron chi connectivity index (χ4n) is 1.87. The third-order valence-corrected chi connectivity index (χ3v) is 2.46. The lowest BCUT2D eigenvalue weighted by molar-refractivity contribution is -0.210. The fraction of sp³-hybridized carbons (Fsp3) is 0.417. The van der Waals surface area contributed by atoms with Gasteiger partial charge in [-0.15, -0.1) is 0 Å². The maximum absolute atomic E-state index is 13.1. The number of carbonyl (C=O) groups is 1. The van der Waals surface area contributed by atoms with Crippen molar-refractivity contribution >= 4 is 5.97 Å². The van der Waals surface area contributed by atoms with E-state index in [4.69, 9.17) is 14.6 Å². The van der Waals surface area contributed by atoms with Crippen LogP contribution in [0, 0.1) is 5.82 Å². The first kappa shape index (κ1) is 11.9. The van der Waals surface area contributed by atoms with Crippen molar-refractivity contribution in [3.05, 3.63) is 29.6 Å². The van der Waals surface area contributed by atoms with Gasteiger partial charge in [0, 0.05) is 19.4 Å². The Hall–Kier alpha value is -1.62. The Bertz CT molecular complexity index is 456. The summed E-state index contributed by atoms with van der Waals surface area (Å²) in [5, 5.41) is 8.82. The Labute approximate surface area is 98.0 Å². The maximum Gasteiger partial charge on any atom is 0.306 e. The van der Waals surface area contributed by atoms with E-state index in [1.54, 1.807) is 13.8 Å². The lowest BCUT2D eigenvalue weighted by atomic mass is 10.0. The number of fused-ring (bicyclic) bond motifs is 1. The van der Waals surface area contributed by atoms with Gasteiger partial charge in [0.25, 0.3) is 0 Å². The minimum atomic E-state index is -0.997. The second-order valence-electron chi connectivity index (χ2n) is 4.39. The van der Waals surface area contributed by atoms with Gasteiger partial charge in [-0.1, -0.05) is 0 Å². The molecule has 1 aromatic carbocycles. The van der Waals surface area contributed by atoms with Crippen LogP contribution in [0.15, 0.2) is 18.2 Å². The summed E-state index contributed by atoms with van der Waals surface area (Å²) in [6.07, 6.45) is -0.912. The van der Waals surface area contributed by atoms with E-state index in [9.17, 15) is 9.18 Å². The van der Waals surface area contributed by atoms with Crippen LogP contribution >= 0.6 is 0 Å². The monoisotopic (exact) mass is 240 g/mol. The fourth-order valence-corrected chi connectivity index (χ4v) is 1.87. The number of benzene rings is 1. The molecule has 1 aliphatic rings. The number of rotatable bonds is 2. The summed E-state index contributed by atoms with van der Waals surface area (Å²) in [6.45, 7) is 3.38. The predicted octanol–water partition coefficient (Wildman–Crippen LogP) is 2.49. The van der Waals surface area contributed by atoms with Gasteiger partial charge in [-0.05, 0) is 18.2 Å². The van der Waals surface area contributed by atoms with Crippen molar-refractivity contribution in [1.29, 1.82) is 0 Å². The first-order chi connectivity index (χ1) is 7.87. The molecule has 5 heteroatoms. The molecule has 4 nitrogen and oxygen atoms in total. The van der Waals surface area contributed by atoms with Crippen molar-refractivity contribution in [2.75, 3.05) is 0 Å². The van der Waals surface area contributed by atoms with E-state index in [2.05, 4.69) is 0 Å². The Balaban J connectivity index is 2.40. The quantitative estimate of drug-likeness (QED) is 0.862. The van der Waals surface area contributed by atoms with Crippen molar-refractivity contribution in [3.63, 3.8) is 0 Å². The number of halogens is 1. The molecule has 1 heterocycles. The molecule has 0 spiro atoms. The van der Waals surface area contributed by atoms with Gasteiger partial charge < -0.3 is 14.6 Å². The van der Waals surface area contributed by atoms with Crippen LogP contribution in [0.5, 0.6) is 5.75 Å². The molecule has 0 amide bonds. The van der Waals surface area contributed by atoms with Gasteiger partial charge in [0.2, 0.25) is 5.79 Å². The smallest absolute Gasteiger partial charge is 0.306 e. The second-order valence-corrected chi connectivity index (χ2v) is 4.39. The topological polar surface area (TPSA) is 55.8 Å². The van der Waals surface area contributed by atoms with Gasteiger partial charge in [-0.2, -0.15) is 0 Å². The van der Waals surface area contributed by atoms with E-state index in [1.165, 1.54) is 18.2 Å². The van der Waals surface area contributed by atoms with Crippen LogP contribution in [-0.2, 0) is 9.53 Å². The molecule has 1 atom stereocenters. The summed E-state index contributed by atoms with van der Waals surface area (Å²) in [7, 11) is 0. The largest absolute Gasteiger partial charge is 0.481 e. The molecule has 0 aromatic heterocycles. The molecule has 0 aliphatic carbocycles. The molecule has 1 aromatic rings. The van der Waals surface area contributed by atoms with Crippen molar-refractivity contribution in [2.24, 2.45) is 0 Å². The molecule has 1 unspecified atom stereocenters. The summed E-state index contributed by atoms with van der Waals surface area (Å²) in [4.78, 5) is 10.8. The summed E-state index contributed by atoms with van der Waals surface area (Å²) in [5.74, 6) is -1.88. The second kappa shape index (κ2) is 4.00. The lowest BCUT2D eigenvalue weighted by Gasteiger charge is -2.37. The summed E-state index contributed by atoms with van der Waals surface area (Å²) >= 11 is 0. The van der Waals surface area contributed by atoms with Gasteiger partial charge in [-0.3, -0.25) is 4.79 Å². The van der Waals surface area contributed by atoms with Crippen molar-refractivity contribution < 1.29 is 23.8 Å². The first-order valence-electron chi connectivity index (χ1n) is 5.25. The highest BCUT2D eigenvalue weighted by Crippen LogP contribution is 2.40. The van der Waals surface area contributed by atoms with Crippen LogP contribution < -0.4 is 4.74 Å². The normalized spacial score (nSPS) is 21.5. The van der Waals surface area contributed by atoms with E-state index in [0.29, 0.717) is 11.3 Å². The van der Waals surface area contributed by atoms with Gasteiger partial charge in [0.1, 0.15) is 17.7 Å². The zero-order valence-corrected chi connectivity index (χ0v) is 9.57. The van der Waals surface area contributed by atoms with E-state index < -0.39 is 23.7 Å². The van der Waals surface area contributed by atoms with E-state index >= 15 is 0 Å². The molecule has 92 valence electrons. The minimum Gasteiger partial charge on any atom is -0.481 e. The number of carboxylic acid groups (broad SMARTS) is 1. The van der Waals surface area contributed by atoms with Crippen LogP contribution in [0.2, 0.25) is 0 Å². The van der Waals surface area contributed by atoms with Crippen LogP contribution in [-0.4, -0.2) is 16.9 Å². The molecule has 0 radical (unpaired) electrons. The van der Waals surface area contributed by atoms with Crippen LogP contribution in [0.1, 0.15) is 31.9 Å². The highest BCUT2D eigenvalue weighted by molar-refractivity contribution is 5.68. The Kier molecular flexibility index (Phi) is 2.79. The van der Waals surface area contributed by atoms with Crippen LogP contribution in [0.4, 0.5) is 4.39 Å². The highest BCUT2D eigenvalue weighted by Gasteiger charge is 2.35. The zero-order valence-electron chi connectivity index (χ0n) is 9.57. The highest BCUT2D eigenvalue weighted by atomic mass is 19.1. The zero-order chi connectivity index (χ0) is 12.6. The van der Waals surface area contributed by atoms with Gasteiger partial charge in [0.15, 0.2) is 0 Å². The van der Waals surface area contributed by atoms with E-state index in [1.807, 2.05) is 0 Å². The summed E-state index contributed by atoms with van der Waals surface area (Å²) in [6, 6.07) is 4.01. The molecule has 0 fully saturated rings. The third-order valence-electron chi connectivity index (χ3n) is 2.46. The number of aliphatic carboxylic acids is 1. The number of carboxylic acids is 1. The predicted molar refractivity (Wildman–Crippen MR) is 57.2 cm³/mol. The Morgan fingerprint density at radius 2 is 2.24 bits per heavy atom. The lowest BCUT2D eigenvalue weighted by Crippen LogP contribution is -2.38. The molecule has 0 saturated heterocycles. The third kappa shape index (κ3) is 2.55. The molecule has 0 bridgehead atoms. The average Bonchev–Trinajstić information content (AvgIpc) is 2.17. The van der Waals surface area contributed by atoms with E-state index in [-0.39, 0.29) is 6.42 Å². The van der Waals surface area contributed by atoms with Gasteiger partial charge >= 0.3 is 5.97 Å². The average molecular weight is 240 g/mol. The van der Waals surface area contributed by atoms with Crippen molar-refractivity contribution in [2.45, 2.75) is 32.2 Å². The summed E-state index contributed by atoms with van der Waals surface area (Å²) in [5.41, 5.74) is 0.437. The van der Waals surface area contributed by atoms with E-state index in [0.717, 1.165) is 0 Å². The van der Waals surface area contributed by atoms with Crippen LogP contribution in [0.25, 0.3) is 0 Å². The van der Waals surface area contributed by atoms with Gasteiger partial charge in [0.05, 0.1) is 6.42 Å². The maximum atomic E-state index is 13.1. The van der Waals surface area contributed by atoms with Crippen molar-refractivity contribution in [3.8, 4) is 5.75 Å². The molecule has 1 aliphatic heterocycles. The molecular weight excluding hydrogens is 227 g/mol. The van der Waals surface area contributed by atoms with Crippen molar-refractivity contribution in [1.82, 2.24) is 0 Å². The summed E-state index contributed by atoms with van der Waals surface area (Å²) < 4.78 is 24.1. The van der Waals surface area contributed by atoms with Crippen LogP contribution in [0.3, 0.4) is 0 Å². The molecule has 17 heavy (non-hydrogen) atoms. The molecular formula is C12H13FO4. The first-order valence-corrected chi connectivity index (χ1v) is 5.25. The Morgan fingerprint density at radius 3 is 2.88 bits per heavy atom. The molecule has 0 saturated carbocycles.